The van der Waals surface area contributed by atoms with E-state index in [1.165, 1.54) is 94.3 Å². The summed E-state index contributed by atoms with van der Waals surface area (Å²) in [5.74, 6) is 0. The topological polar surface area (TPSA) is 3.24 Å². The molecule has 0 radical (unpaired) electrons. The SMILES string of the molecule is CC1(C)c2ccccc2-c2c(N(c3ccc(-c4ccccc4)cc3)c3cccc(-c4cccc(-c5ccc6c7c(cccc57)-c5ccccc5-6)c4)c3)cccc21. The van der Waals surface area contributed by atoms with Gasteiger partial charge in [0.25, 0.3) is 0 Å². The minimum atomic E-state index is -0.0987. The standard InChI is InChI=1S/C55H39N/c1-55(2)50-25-9-8-22-49(50)54-51(55)26-13-27-52(54)56(41-30-28-37(29-31-41)36-14-4-3-5-15-36)42-19-11-17-39(35-42)38-16-10-18-40(34-38)43-32-33-48-45-21-7-6-20-44(45)47-24-12-23-46(43)53(47)48/h3-35H,1-2H3. The van der Waals surface area contributed by atoms with Gasteiger partial charge >= 0.3 is 0 Å². The number of nitrogens with zero attached hydrogens (tertiary/aromatic N) is 1. The Balaban J connectivity index is 1.05. The predicted molar refractivity (Wildman–Crippen MR) is 237 cm³/mol. The van der Waals surface area contributed by atoms with E-state index in [1.807, 2.05) is 0 Å². The molecule has 11 rings (SSSR count). The molecule has 2 aliphatic rings. The minimum absolute atomic E-state index is 0.0987. The van der Waals surface area contributed by atoms with E-state index in [2.05, 4.69) is 219 Å². The minimum Gasteiger partial charge on any atom is -0.310 e. The summed E-state index contributed by atoms with van der Waals surface area (Å²) in [6.07, 6.45) is 0. The summed E-state index contributed by atoms with van der Waals surface area (Å²) in [7, 11) is 0. The maximum Gasteiger partial charge on any atom is 0.0543 e. The Bertz CT molecular complexity index is 2960. The lowest BCUT2D eigenvalue weighted by atomic mass is 9.82. The summed E-state index contributed by atoms with van der Waals surface area (Å²) < 4.78 is 0. The van der Waals surface area contributed by atoms with E-state index in [0.717, 1.165) is 11.4 Å². The van der Waals surface area contributed by atoms with Gasteiger partial charge in [0.1, 0.15) is 0 Å². The normalized spacial score (nSPS) is 13.0. The van der Waals surface area contributed by atoms with Gasteiger partial charge in [0, 0.05) is 22.4 Å². The Hall–Kier alpha value is -6.96. The first-order chi connectivity index (χ1) is 27.5. The van der Waals surface area contributed by atoms with Gasteiger partial charge in [-0.15, -0.1) is 0 Å². The lowest BCUT2D eigenvalue weighted by Gasteiger charge is -2.29. The monoisotopic (exact) mass is 713 g/mol. The third kappa shape index (κ3) is 4.94. The van der Waals surface area contributed by atoms with Gasteiger partial charge in [-0.3, -0.25) is 0 Å². The van der Waals surface area contributed by atoms with Crippen molar-refractivity contribution >= 4 is 27.8 Å². The van der Waals surface area contributed by atoms with Crippen LogP contribution in [0.15, 0.2) is 200 Å². The van der Waals surface area contributed by atoms with Crippen molar-refractivity contribution < 1.29 is 0 Å². The van der Waals surface area contributed by atoms with Crippen LogP contribution in [-0.2, 0) is 5.41 Å². The van der Waals surface area contributed by atoms with Crippen LogP contribution in [0.3, 0.4) is 0 Å². The maximum absolute atomic E-state index is 2.46. The van der Waals surface area contributed by atoms with Gasteiger partial charge in [0.05, 0.1) is 5.69 Å². The van der Waals surface area contributed by atoms with Crippen molar-refractivity contribution in [3.8, 4) is 66.8 Å². The second-order valence-electron chi connectivity index (χ2n) is 15.7. The van der Waals surface area contributed by atoms with Gasteiger partial charge in [-0.2, -0.15) is 0 Å². The van der Waals surface area contributed by atoms with Crippen molar-refractivity contribution in [2.45, 2.75) is 19.3 Å². The average Bonchev–Trinajstić information content (AvgIpc) is 3.71. The molecule has 1 heteroatoms. The average molecular weight is 714 g/mol. The number of hydrogen-bond acceptors (Lipinski definition) is 1. The first-order valence-electron chi connectivity index (χ1n) is 19.6. The third-order valence-corrected chi connectivity index (χ3v) is 12.2. The highest BCUT2D eigenvalue weighted by Gasteiger charge is 2.37. The molecule has 0 saturated carbocycles. The largest absolute Gasteiger partial charge is 0.310 e. The van der Waals surface area contributed by atoms with Crippen LogP contribution in [0.4, 0.5) is 17.1 Å². The van der Waals surface area contributed by atoms with E-state index in [1.54, 1.807) is 0 Å². The van der Waals surface area contributed by atoms with Gasteiger partial charge in [-0.1, -0.05) is 178 Å². The molecule has 1 nitrogen and oxygen atoms in total. The first kappa shape index (κ1) is 32.5. The van der Waals surface area contributed by atoms with Crippen molar-refractivity contribution in [3.05, 3.63) is 211 Å². The number of rotatable bonds is 6. The Morgan fingerprint density at radius 1 is 0.339 bits per heavy atom. The molecule has 0 N–H and O–H groups in total. The summed E-state index contributed by atoms with van der Waals surface area (Å²) in [5.41, 5.74) is 21.3. The van der Waals surface area contributed by atoms with E-state index in [-0.39, 0.29) is 5.41 Å². The highest BCUT2D eigenvalue weighted by molar-refractivity contribution is 6.18. The van der Waals surface area contributed by atoms with Crippen molar-refractivity contribution in [3.63, 3.8) is 0 Å². The molecule has 0 fully saturated rings. The quantitative estimate of drug-likeness (QED) is 0.166. The molecule has 0 aliphatic heterocycles. The lowest BCUT2D eigenvalue weighted by molar-refractivity contribution is 0.660. The molecule has 0 heterocycles. The Morgan fingerprint density at radius 3 is 1.70 bits per heavy atom. The predicted octanol–water partition coefficient (Wildman–Crippen LogP) is 15.3. The van der Waals surface area contributed by atoms with E-state index < -0.39 is 0 Å². The van der Waals surface area contributed by atoms with Crippen LogP contribution in [0.25, 0.3) is 77.5 Å². The highest BCUT2D eigenvalue weighted by Crippen LogP contribution is 2.54. The van der Waals surface area contributed by atoms with E-state index >= 15 is 0 Å². The molecule has 0 bridgehead atoms. The fourth-order valence-corrected chi connectivity index (χ4v) is 9.53. The van der Waals surface area contributed by atoms with Crippen LogP contribution in [0.2, 0.25) is 0 Å². The molecule has 264 valence electrons. The first-order valence-corrected chi connectivity index (χ1v) is 19.6. The van der Waals surface area contributed by atoms with Crippen LogP contribution in [0.1, 0.15) is 25.0 Å². The van der Waals surface area contributed by atoms with Crippen LogP contribution in [0.5, 0.6) is 0 Å². The fraction of sp³-hybridized carbons (Fsp3) is 0.0545. The molecule has 0 saturated heterocycles. The molecule has 9 aromatic carbocycles. The number of anilines is 3. The van der Waals surface area contributed by atoms with Crippen LogP contribution >= 0.6 is 0 Å². The second-order valence-corrected chi connectivity index (χ2v) is 15.7. The molecule has 2 aliphatic carbocycles. The van der Waals surface area contributed by atoms with Crippen LogP contribution < -0.4 is 4.90 Å². The van der Waals surface area contributed by atoms with Crippen LogP contribution in [0, 0.1) is 0 Å². The summed E-state index contributed by atoms with van der Waals surface area (Å²) in [5, 5.41) is 2.65. The summed E-state index contributed by atoms with van der Waals surface area (Å²) in [6, 6.07) is 73.8. The number of fused-ring (bicyclic) bond motifs is 6. The molecule has 0 aromatic heterocycles. The number of benzene rings is 9. The Morgan fingerprint density at radius 2 is 0.893 bits per heavy atom. The Labute approximate surface area is 328 Å². The zero-order valence-corrected chi connectivity index (χ0v) is 31.5. The Kier molecular flexibility index (Phi) is 7.28. The van der Waals surface area contributed by atoms with Gasteiger partial charge in [-0.05, 0) is 119 Å². The molecule has 56 heavy (non-hydrogen) atoms. The van der Waals surface area contributed by atoms with Gasteiger partial charge in [0.15, 0.2) is 0 Å². The summed E-state index contributed by atoms with van der Waals surface area (Å²) in [6.45, 7) is 4.71. The molecule has 9 aromatic rings. The van der Waals surface area contributed by atoms with Gasteiger partial charge in [0.2, 0.25) is 0 Å². The smallest absolute Gasteiger partial charge is 0.0543 e. The summed E-state index contributed by atoms with van der Waals surface area (Å²) in [4.78, 5) is 2.46. The van der Waals surface area contributed by atoms with E-state index in [0.29, 0.717) is 0 Å². The molecule has 0 amide bonds. The lowest BCUT2D eigenvalue weighted by Crippen LogP contribution is -2.16. The van der Waals surface area contributed by atoms with E-state index in [9.17, 15) is 0 Å². The molecule has 0 spiro atoms. The molecule has 0 atom stereocenters. The van der Waals surface area contributed by atoms with Crippen molar-refractivity contribution in [1.82, 2.24) is 0 Å². The number of hydrogen-bond donors (Lipinski definition) is 0. The molecular formula is C55H39N. The maximum atomic E-state index is 2.46. The molecular weight excluding hydrogens is 675 g/mol. The third-order valence-electron chi connectivity index (χ3n) is 12.2. The van der Waals surface area contributed by atoms with Crippen molar-refractivity contribution in [1.29, 1.82) is 0 Å². The van der Waals surface area contributed by atoms with Crippen molar-refractivity contribution in [2.75, 3.05) is 4.90 Å². The summed E-state index contributed by atoms with van der Waals surface area (Å²) >= 11 is 0. The zero-order valence-electron chi connectivity index (χ0n) is 31.5. The van der Waals surface area contributed by atoms with Crippen LogP contribution in [-0.4, -0.2) is 0 Å². The fourth-order valence-electron chi connectivity index (χ4n) is 9.53. The molecule has 0 unspecified atom stereocenters. The van der Waals surface area contributed by atoms with E-state index in [4.69, 9.17) is 0 Å². The highest BCUT2D eigenvalue weighted by atomic mass is 15.1. The van der Waals surface area contributed by atoms with Crippen molar-refractivity contribution in [2.24, 2.45) is 0 Å². The second kappa shape index (κ2) is 12.5. The van der Waals surface area contributed by atoms with Gasteiger partial charge in [-0.25, -0.2) is 0 Å². The zero-order chi connectivity index (χ0) is 37.4. The van der Waals surface area contributed by atoms with Gasteiger partial charge < -0.3 is 4.90 Å².